The fourth-order valence-corrected chi connectivity index (χ4v) is 9.36. The van der Waals surface area contributed by atoms with Crippen molar-refractivity contribution in [1.82, 2.24) is 0 Å². The standard InChI is InChI=1S/4C18H34O2.Mo/c4*1-2-3-4-5-6-7-8-9-10-11-12-13-14-15-16-17-18(19)20;/h4*9-10H,2-8,11-17H2,1H3,(H,19,20);/q;;;;+4/p-4. The third-order valence-electron chi connectivity index (χ3n) is 14.6. The SMILES string of the molecule is CCCCCCCCC=CCCCCCCCC(=O)[O-].CCCCCCCCC=CCCCCCCCC(=O)[O-].CCCCCCCCC=CCCCCCCCC(=O)[O-].CCCCCCCCC=CCCCCCCCC(=O)[O-].[Mo+4]. The van der Waals surface area contributed by atoms with E-state index in [0.717, 1.165) is 77.0 Å². The summed E-state index contributed by atoms with van der Waals surface area (Å²) in [5.41, 5.74) is 0. The van der Waals surface area contributed by atoms with Crippen LogP contribution in [0.2, 0.25) is 0 Å². The van der Waals surface area contributed by atoms with E-state index in [4.69, 9.17) is 0 Å². The first-order chi connectivity index (χ1) is 39.1. The van der Waals surface area contributed by atoms with Gasteiger partial charge in [0.15, 0.2) is 0 Å². The molecule has 8 nitrogen and oxygen atoms in total. The maximum absolute atomic E-state index is 10.2. The van der Waals surface area contributed by atoms with Gasteiger partial charge in [0.25, 0.3) is 0 Å². The number of rotatable bonds is 60. The fraction of sp³-hybridized carbons (Fsp3) is 0.833. The summed E-state index contributed by atoms with van der Waals surface area (Å²) in [5, 5.41) is 40.9. The Morgan fingerprint density at radius 2 is 0.309 bits per heavy atom. The van der Waals surface area contributed by atoms with Crippen molar-refractivity contribution >= 4 is 23.9 Å². The zero-order valence-electron chi connectivity index (χ0n) is 53.9. The molecule has 0 saturated heterocycles. The quantitative estimate of drug-likeness (QED) is 0.0330. The third-order valence-corrected chi connectivity index (χ3v) is 14.6. The molecule has 474 valence electrons. The molecular weight excluding hydrogens is 1090 g/mol. The van der Waals surface area contributed by atoms with Crippen LogP contribution in [-0.4, -0.2) is 23.9 Å². The monoisotopic (exact) mass is 1220 g/mol. The van der Waals surface area contributed by atoms with Crippen molar-refractivity contribution in [2.75, 3.05) is 0 Å². The zero-order chi connectivity index (χ0) is 59.6. The summed E-state index contributed by atoms with van der Waals surface area (Å²) in [4.78, 5) is 40.9. The van der Waals surface area contributed by atoms with Crippen LogP contribution in [-0.2, 0) is 40.2 Å². The molecule has 0 aromatic carbocycles. The van der Waals surface area contributed by atoms with E-state index in [1.54, 1.807) is 0 Å². The molecule has 0 radical (unpaired) electrons. The molecule has 0 amide bonds. The Kier molecular flexibility index (Phi) is 90.5. The molecule has 0 bridgehead atoms. The minimum absolute atomic E-state index is 0. The summed E-state index contributed by atoms with van der Waals surface area (Å²) >= 11 is 0. The zero-order valence-corrected chi connectivity index (χ0v) is 55.9. The number of hydrogen-bond acceptors (Lipinski definition) is 8. The molecule has 0 unspecified atom stereocenters. The molecule has 0 spiro atoms. The Labute approximate surface area is 517 Å². The molecule has 0 saturated carbocycles. The molecule has 0 heterocycles. The second-order valence-electron chi connectivity index (χ2n) is 22.8. The van der Waals surface area contributed by atoms with Crippen LogP contribution in [0.4, 0.5) is 0 Å². The number of hydrogen-bond donors (Lipinski definition) is 0. The van der Waals surface area contributed by atoms with Gasteiger partial charge >= 0.3 is 21.1 Å². The average molecular weight is 1220 g/mol. The summed E-state index contributed by atoms with van der Waals surface area (Å²) < 4.78 is 0. The van der Waals surface area contributed by atoms with Gasteiger partial charge in [-0.2, -0.15) is 0 Å². The third kappa shape index (κ3) is 103. The number of carbonyl (C=O) groups is 4. The van der Waals surface area contributed by atoms with Crippen LogP contribution in [0.3, 0.4) is 0 Å². The molecule has 0 aliphatic heterocycles. The van der Waals surface area contributed by atoms with Gasteiger partial charge in [0.05, 0.1) is 0 Å². The summed E-state index contributed by atoms with van der Waals surface area (Å²) in [6.07, 6.45) is 83.6. The van der Waals surface area contributed by atoms with E-state index < -0.39 is 23.9 Å². The smallest absolute Gasteiger partial charge is 0.550 e. The molecule has 81 heavy (non-hydrogen) atoms. The Balaban J connectivity index is -0.000000316. The van der Waals surface area contributed by atoms with E-state index in [9.17, 15) is 39.6 Å². The average Bonchev–Trinajstić information content (AvgIpc) is 3.43. The van der Waals surface area contributed by atoms with E-state index in [0.29, 0.717) is 0 Å². The van der Waals surface area contributed by atoms with Crippen LogP contribution in [0.15, 0.2) is 48.6 Å². The van der Waals surface area contributed by atoms with Crippen LogP contribution in [0.5, 0.6) is 0 Å². The number of allylic oxidation sites excluding steroid dienone is 8. The van der Waals surface area contributed by atoms with Crippen molar-refractivity contribution in [3.63, 3.8) is 0 Å². The van der Waals surface area contributed by atoms with Crippen molar-refractivity contribution < 1.29 is 60.7 Å². The first-order valence-corrected chi connectivity index (χ1v) is 34.5. The number of carboxylic acid groups (broad SMARTS) is 4. The minimum atomic E-state index is -0.914. The minimum Gasteiger partial charge on any atom is -0.550 e. The van der Waals surface area contributed by atoms with Crippen molar-refractivity contribution in [3.05, 3.63) is 48.6 Å². The number of unbranched alkanes of at least 4 members (excludes halogenated alkanes) is 44. The largest absolute Gasteiger partial charge is 4.00 e. The summed E-state index contributed by atoms with van der Waals surface area (Å²) in [5.74, 6) is -3.66. The van der Waals surface area contributed by atoms with Gasteiger partial charge in [-0.3, -0.25) is 0 Å². The van der Waals surface area contributed by atoms with E-state index in [1.165, 1.54) is 257 Å². The Morgan fingerprint density at radius 1 is 0.198 bits per heavy atom. The van der Waals surface area contributed by atoms with Gasteiger partial charge in [-0.15, -0.1) is 0 Å². The maximum Gasteiger partial charge on any atom is 4.00 e. The summed E-state index contributed by atoms with van der Waals surface area (Å²) in [6, 6.07) is 0. The first kappa shape index (κ1) is 87.3. The van der Waals surface area contributed by atoms with E-state index in [1.807, 2.05) is 0 Å². The second-order valence-corrected chi connectivity index (χ2v) is 22.8. The van der Waals surface area contributed by atoms with Crippen LogP contribution in [0, 0.1) is 0 Å². The molecule has 0 fully saturated rings. The molecule has 9 heteroatoms. The summed E-state index contributed by atoms with van der Waals surface area (Å²) in [6.45, 7) is 9.02. The summed E-state index contributed by atoms with van der Waals surface area (Å²) in [7, 11) is 0. The molecular formula is C72H132MoO8. The number of carbonyl (C=O) groups excluding carboxylic acids is 4. The fourth-order valence-electron chi connectivity index (χ4n) is 9.36. The molecule has 0 N–H and O–H groups in total. The number of carboxylic acids is 4. The van der Waals surface area contributed by atoms with Gasteiger partial charge in [-0.25, -0.2) is 0 Å². The number of aliphatic carboxylic acids is 4. The van der Waals surface area contributed by atoms with Crippen molar-refractivity contribution in [2.24, 2.45) is 0 Å². The van der Waals surface area contributed by atoms with Crippen molar-refractivity contribution in [3.8, 4) is 0 Å². The second kappa shape index (κ2) is 84.0. The van der Waals surface area contributed by atoms with Crippen LogP contribution >= 0.6 is 0 Å². The van der Waals surface area contributed by atoms with E-state index >= 15 is 0 Å². The van der Waals surface area contributed by atoms with Crippen molar-refractivity contribution in [2.45, 2.75) is 387 Å². The first-order valence-electron chi connectivity index (χ1n) is 34.5. The normalized spacial score (nSPS) is 11.1. The van der Waals surface area contributed by atoms with Crippen LogP contribution in [0.1, 0.15) is 387 Å². The molecule has 0 aromatic heterocycles. The topological polar surface area (TPSA) is 161 Å². The molecule has 0 aromatic rings. The Hall–Kier alpha value is -2.47. The molecule has 0 atom stereocenters. The Bertz CT molecular complexity index is 1140. The van der Waals surface area contributed by atoms with Gasteiger partial charge in [0, 0.05) is 23.9 Å². The van der Waals surface area contributed by atoms with Crippen molar-refractivity contribution in [1.29, 1.82) is 0 Å². The predicted octanol–water partition coefficient (Wildman–Crippen LogP) is 19.1. The molecule has 0 aliphatic rings. The van der Waals surface area contributed by atoms with Gasteiger partial charge in [0.2, 0.25) is 0 Å². The van der Waals surface area contributed by atoms with Gasteiger partial charge < -0.3 is 39.6 Å². The van der Waals surface area contributed by atoms with Gasteiger partial charge in [-0.1, -0.05) is 282 Å². The maximum atomic E-state index is 10.2. The molecule has 0 rings (SSSR count). The van der Waals surface area contributed by atoms with Gasteiger partial charge in [-0.05, 0) is 154 Å². The van der Waals surface area contributed by atoms with Crippen LogP contribution < -0.4 is 20.4 Å². The van der Waals surface area contributed by atoms with E-state index in [-0.39, 0.29) is 46.7 Å². The van der Waals surface area contributed by atoms with E-state index in [2.05, 4.69) is 76.3 Å². The predicted molar refractivity (Wildman–Crippen MR) is 338 cm³/mol. The molecule has 0 aliphatic carbocycles. The Morgan fingerprint density at radius 3 is 0.432 bits per heavy atom. The van der Waals surface area contributed by atoms with Gasteiger partial charge in [0.1, 0.15) is 0 Å². The van der Waals surface area contributed by atoms with Crippen LogP contribution in [0.25, 0.3) is 0 Å².